The third-order valence-electron chi connectivity index (χ3n) is 4.91. The van der Waals surface area contributed by atoms with Crippen LogP contribution in [0.3, 0.4) is 0 Å². The summed E-state index contributed by atoms with van der Waals surface area (Å²) in [5.41, 5.74) is 1.52. The lowest BCUT2D eigenvalue weighted by Gasteiger charge is -2.22. The van der Waals surface area contributed by atoms with Crippen LogP contribution in [0, 0.1) is 11.6 Å². The molecule has 3 aromatic carbocycles. The fourth-order valence-electron chi connectivity index (χ4n) is 3.21. The van der Waals surface area contributed by atoms with Gasteiger partial charge in [-0.15, -0.1) is 11.3 Å². The molecule has 1 aromatic heterocycles. The van der Waals surface area contributed by atoms with Crippen molar-refractivity contribution in [2.24, 2.45) is 0 Å². The van der Waals surface area contributed by atoms with Gasteiger partial charge in [-0.2, -0.15) is 8.42 Å². The monoisotopic (exact) mass is 499 g/mol. The zero-order chi connectivity index (χ0) is 24.1. The first-order valence-electron chi connectivity index (χ1n) is 10.2. The number of halogens is 2. The fourth-order valence-corrected chi connectivity index (χ4v) is 4.83. The third-order valence-corrected chi connectivity index (χ3v) is 7.03. The third kappa shape index (κ3) is 5.86. The second-order valence-corrected chi connectivity index (χ2v) is 9.89. The topological polar surface area (TPSA) is 63.7 Å². The number of carbonyl (C=O) groups is 1. The van der Waals surface area contributed by atoms with E-state index in [-0.39, 0.29) is 35.5 Å². The Kier molecular flexibility index (Phi) is 7.04. The molecule has 1 heterocycles. The maximum Gasteiger partial charge on any atom is 0.339 e. The van der Waals surface area contributed by atoms with E-state index in [2.05, 4.69) is 0 Å². The van der Waals surface area contributed by atoms with E-state index in [4.69, 9.17) is 4.18 Å². The van der Waals surface area contributed by atoms with Gasteiger partial charge < -0.3 is 9.08 Å². The highest BCUT2D eigenvalue weighted by molar-refractivity contribution is 7.87. The van der Waals surface area contributed by atoms with Gasteiger partial charge in [-0.3, -0.25) is 4.79 Å². The van der Waals surface area contributed by atoms with Gasteiger partial charge in [0.05, 0.1) is 4.88 Å². The summed E-state index contributed by atoms with van der Waals surface area (Å²) >= 11 is 1.33. The Balaban J connectivity index is 1.50. The second-order valence-electron chi connectivity index (χ2n) is 7.40. The number of nitrogens with zero attached hydrogens (tertiary/aromatic N) is 1. The molecule has 0 saturated heterocycles. The van der Waals surface area contributed by atoms with E-state index in [1.165, 1.54) is 35.6 Å². The summed E-state index contributed by atoms with van der Waals surface area (Å²) in [6, 6.07) is 20.1. The van der Waals surface area contributed by atoms with Gasteiger partial charge in [0.2, 0.25) is 0 Å². The van der Waals surface area contributed by atoms with E-state index >= 15 is 0 Å². The van der Waals surface area contributed by atoms with Gasteiger partial charge in [-0.25, -0.2) is 8.78 Å². The maximum absolute atomic E-state index is 13.3. The van der Waals surface area contributed by atoms with Crippen LogP contribution in [0.25, 0.3) is 0 Å². The van der Waals surface area contributed by atoms with Crippen LogP contribution in [0.4, 0.5) is 8.78 Å². The van der Waals surface area contributed by atoms with Gasteiger partial charge in [0.25, 0.3) is 5.91 Å². The largest absolute Gasteiger partial charge is 0.379 e. The quantitative estimate of drug-likeness (QED) is 0.295. The van der Waals surface area contributed by atoms with Gasteiger partial charge in [-0.1, -0.05) is 30.3 Å². The first kappa shape index (κ1) is 23.6. The maximum atomic E-state index is 13.3. The first-order valence-corrected chi connectivity index (χ1v) is 12.5. The van der Waals surface area contributed by atoms with Crippen LogP contribution in [0.2, 0.25) is 0 Å². The molecule has 0 radical (unpaired) electrons. The van der Waals surface area contributed by atoms with Crippen LogP contribution in [0.5, 0.6) is 5.75 Å². The molecule has 0 aliphatic heterocycles. The van der Waals surface area contributed by atoms with E-state index in [1.54, 1.807) is 41.3 Å². The van der Waals surface area contributed by atoms with E-state index in [9.17, 15) is 22.0 Å². The SMILES string of the molecule is O=C(c1cccs1)N(Cc1ccc(F)cc1)Cc1ccc(OS(=O)(=O)c2ccc(F)cc2)cc1. The zero-order valence-electron chi connectivity index (χ0n) is 17.7. The second kappa shape index (κ2) is 10.1. The van der Waals surface area contributed by atoms with Gasteiger partial charge in [0.15, 0.2) is 0 Å². The molecule has 174 valence electrons. The van der Waals surface area contributed by atoms with Crippen molar-refractivity contribution in [2.45, 2.75) is 18.0 Å². The number of thiophene rings is 1. The molecule has 0 N–H and O–H groups in total. The standard InChI is InChI=1S/C25H19F2NO4S2/c26-20-7-3-18(4-8-20)16-28(25(29)24-2-1-15-33-24)17-19-5-11-22(12-6-19)32-34(30,31)23-13-9-21(27)10-14-23/h1-15H,16-17H2. The summed E-state index contributed by atoms with van der Waals surface area (Å²) in [6.45, 7) is 0.521. The lowest BCUT2D eigenvalue weighted by Crippen LogP contribution is -2.29. The summed E-state index contributed by atoms with van der Waals surface area (Å²) in [6.07, 6.45) is 0. The minimum atomic E-state index is -4.11. The smallest absolute Gasteiger partial charge is 0.339 e. The molecule has 9 heteroatoms. The average Bonchev–Trinajstić information content (AvgIpc) is 3.36. The zero-order valence-corrected chi connectivity index (χ0v) is 19.4. The lowest BCUT2D eigenvalue weighted by molar-refractivity contribution is 0.0735. The van der Waals surface area contributed by atoms with Crippen molar-refractivity contribution in [3.8, 4) is 5.75 Å². The Bertz CT molecular complexity index is 1350. The van der Waals surface area contributed by atoms with Crippen molar-refractivity contribution in [3.05, 3.63) is 118 Å². The van der Waals surface area contributed by atoms with Crippen LogP contribution >= 0.6 is 11.3 Å². The highest BCUT2D eigenvalue weighted by Gasteiger charge is 2.19. The molecule has 0 aliphatic carbocycles. The summed E-state index contributed by atoms with van der Waals surface area (Å²) in [4.78, 5) is 15.1. The van der Waals surface area contributed by atoms with Crippen molar-refractivity contribution in [1.29, 1.82) is 0 Å². The van der Waals surface area contributed by atoms with Crippen molar-refractivity contribution in [3.63, 3.8) is 0 Å². The first-order chi connectivity index (χ1) is 16.3. The molecular weight excluding hydrogens is 480 g/mol. The van der Waals surface area contributed by atoms with Crippen LogP contribution in [-0.2, 0) is 23.2 Å². The van der Waals surface area contributed by atoms with Crippen LogP contribution in [0.1, 0.15) is 20.8 Å². The fraction of sp³-hybridized carbons (Fsp3) is 0.0800. The molecule has 5 nitrogen and oxygen atoms in total. The molecule has 0 fully saturated rings. The molecule has 0 atom stereocenters. The van der Waals surface area contributed by atoms with E-state index in [0.717, 1.165) is 35.4 Å². The molecule has 0 spiro atoms. The summed E-state index contributed by atoms with van der Waals surface area (Å²) in [5, 5.41) is 1.82. The van der Waals surface area contributed by atoms with Gasteiger partial charge >= 0.3 is 10.1 Å². The van der Waals surface area contributed by atoms with Crippen molar-refractivity contribution in [2.75, 3.05) is 0 Å². The highest BCUT2D eigenvalue weighted by Crippen LogP contribution is 2.22. The Morgan fingerprint density at radius 1 is 0.794 bits per heavy atom. The van der Waals surface area contributed by atoms with E-state index in [1.807, 2.05) is 5.38 Å². The van der Waals surface area contributed by atoms with Crippen molar-refractivity contribution < 1.29 is 26.2 Å². The minimum Gasteiger partial charge on any atom is -0.379 e. The molecular formula is C25H19F2NO4S2. The number of hydrogen-bond acceptors (Lipinski definition) is 5. The Hall–Kier alpha value is -3.56. The Morgan fingerprint density at radius 3 is 1.85 bits per heavy atom. The normalized spacial score (nSPS) is 11.2. The van der Waals surface area contributed by atoms with Crippen LogP contribution in [-0.4, -0.2) is 19.2 Å². The number of hydrogen-bond donors (Lipinski definition) is 0. The molecule has 0 saturated carbocycles. The van der Waals surface area contributed by atoms with Crippen LogP contribution < -0.4 is 4.18 Å². The predicted octanol–water partition coefficient (Wildman–Crippen LogP) is 5.64. The number of carbonyl (C=O) groups excluding carboxylic acids is 1. The lowest BCUT2D eigenvalue weighted by atomic mass is 10.1. The van der Waals surface area contributed by atoms with Crippen LogP contribution in [0.15, 0.2) is 95.2 Å². The summed E-state index contributed by atoms with van der Waals surface area (Å²) in [7, 11) is -4.11. The summed E-state index contributed by atoms with van der Waals surface area (Å²) < 4.78 is 56.3. The molecule has 1 amide bonds. The number of benzene rings is 3. The van der Waals surface area contributed by atoms with Gasteiger partial charge in [0.1, 0.15) is 22.3 Å². The molecule has 4 aromatic rings. The minimum absolute atomic E-state index is 0.0859. The number of rotatable bonds is 8. The molecule has 0 unspecified atom stereocenters. The molecule has 34 heavy (non-hydrogen) atoms. The average molecular weight is 500 g/mol. The Labute approximate surface area is 200 Å². The van der Waals surface area contributed by atoms with E-state index < -0.39 is 15.9 Å². The van der Waals surface area contributed by atoms with E-state index in [0.29, 0.717) is 4.88 Å². The highest BCUT2D eigenvalue weighted by atomic mass is 32.2. The molecule has 0 aliphatic rings. The molecule has 4 rings (SSSR count). The number of amides is 1. The molecule has 0 bridgehead atoms. The summed E-state index contributed by atoms with van der Waals surface area (Å²) in [5.74, 6) is -0.988. The van der Waals surface area contributed by atoms with Gasteiger partial charge in [0, 0.05) is 13.1 Å². The van der Waals surface area contributed by atoms with Crippen molar-refractivity contribution >= 4 is 27.4 Å². The predicted molar refractivity (Wildman–Crippen MR) is 125 cm³/mol. The van der Waals surface area contributed by atoms with Crippen molar-refractivity contribution in [1.82, 2.24) is 4.90 Å². The Morgan fingerprint density at radius 2 is 1.32 bits per heavy atom. The van der Waals surface area contributed by atoms with Gasteiger partial charge in [-0.05, 0) is 71.1 Å².